The third-order valence-corrected chi connectivity index (χ3v) is 6.54. The molecule has 5 rings (SSSR count). The molecule has 1 fully saturated rings. The molecule has 0 atom stereocenters. The number of hydrogen-bond acceptors (Lipinski definition) is 3. The van der Waals surface area contributed by atoms with E-state index < -0.39 is 0 Å². The van der Waals surface area contributed by atoms with Crippen LogP contribution in [0.2, 0.25) is 0 Å². The summed E-state index contributed by atoms with van der Waals surface area (Å²) in [7, 11) is 0. The standard InChI is InChI=1S/C28H28FN3O2/c1-2-19-7-6-8-22(17-19)31-28(33)25-16-15-24(34-25)27-26(20-11-13-21(29)14-12-20)30-18-32(27)23-9-4-3-5-10-23/h6-8,11-18,23H,2-5,9-10H2,1H3,(H,31,33). The van der Waals surface area contributed by atoms with Gasteiger partial charge in [0.25, 0.3) is 5.91 Å². The zero-order valence-electron chi connectivity index (χ0n) is 19.3. The first-order valence-electron chi connectivity index (χ1n) is 12.0. The summed E-state index contributed by atoms with van der Waals surface area (Å²) >= 11 is 0. The van der Waals surface area contributed by atoms with Gasteiger partial charge in [-0.3, -0.25) is 4.79 Å². The van der Waals surface area contributed by atoms with Gasteiger partial charge in [0.1, 0.15) is 11.5 Å². The first-order chi connectivity index (χ1) is 16.6. The molecule has 0 radical (unpaired) electrons. The van der Waals surface area contributed by atoms with E-state index in [1.807, 2.05) is 36.7 Å². The Morgan fingerprint density at radius 3 is 2.65 bits per heavy atom. The minimum Gasteiger partial charge on any atom is -0.449 e. The molecule has 1 amide bonds. The molecule has 1 aliphatic carbocycles. The lowest BCUT2D eigenvalue weighted by Crippen LogP contribution is -2.13. The van der Waals surface area contributed by atoms with Crippen molar-refractivity contribution in [3.8, 4) is 22.7 Å². The Kier molecular flexibility index (Phi) is 6.30. The zero-order chi connectivity index (χ0) is 23.5. The van der Waals surface area contributed by atoms with Gasteiger partial charge in [-0.1, -0.05) is 38.3 Å². The van der Waals surface area contributed by atoms with Gasteiger partial charge < -0.3 is 14.3 Å². The number of imidazole rings is 1. The van der Waals surface area contributed by atoms with Crippen LogP contribution in [0.4, 0.5) is 10.1 Å². The van der Waals surface area contributed by atoms with Crippen molar-refractivity contribution in [2.75, 3.05) is 5.32 Å². The average Bonchev–Trinajstić information content (AvgIpc) is 3.53. The number of aromatic nitrogens is 2. The van der Waals surface area contributed by atoms with Gasteiger partial charge in [-0.05, 0) is 73.4 Å². The molecule has 5 nitrogen and oxygen atoms in total. The summed E-state index contributed by atoms with van der Waals surface area (Å²) in [5.74, 6) is 0.223. The Bertz CT molecular complexity index is 1280. The SMILES string of the molecule is CCc1cccc(NC(=O)c2ccc(-c3c(-c4ccc(F)cc4)ncn3C3CCCCC3)o2)c1. The van der Waals surface area contributed by atoms with Gasteiger partial charge in [0, 0.05) is 17.3 Å². The fourth-order valence-electron chi connectivity index (χ4n) is 4.71. The highest BCUT2D eigenvalue weighted by Crippen LogP contribution is 2.38. The van der Waals surface area contributed by atoms with E-state index in [0.29, 0.717) is 11.8 Å². The lowest BCUT2D eigenvalue weighted by molar-refractivity contribution is 0.0997. The van der Waals surface area contributed by atoms with Crippen molar-refractivity contribution >= 4 is 11.6 Å². The second-order valence-electron chi connectivity index (χ2n) is 8.82. The van der Waals surface area contributed by atoms with E-state index in [4.69, 9.17) is 4.42 Å². The van der Waals surface area contributed by atoms with E-state index in [9.17, 15) is 9.18 Å². The van der Waals surface area contributed by atoms with E-state index >= 15 is 0 Å². The van der Waals surface area contributed by atoms with E-state index in [2.05, 4.69) is 21.8 Å². The van der Waals surface area contributed by atoms with Crippen LogP contribution in [0.1, 0.15) is 61.2 Å². The summed E-state index contributed by atoms with van der Waals surface area (Å²) in [5.41, 5.74) is 4.25. The van der Waals surface area contributed by atoms with E-state index in [1.54, 1.807) is 18.2 Å². The molecule has 34 heavy (non-hydrogen) atoms. The second-order valence-corrected chi connectivity index (χ2v) is 8.82. The van der Waals surface area contributed by atoms with Gasteiger partial charge in [-0.25, -0.2) is 9.37 Å². The third-order valence-electron chi connectivity index (χ3n) is 6.54. The summed E-state index contributed by atoms with van der Waals surface area (Å²) < 4.78 is 21.8. The van der Waals surface area contributed by atoms with Crippen molar-refractivity contribution < 1.29 is 13.6 Å². The van der Waals surface area contributed by atoms with Gasteiger partial charge in [-0.2, -0.15) is 0 Å². The van der Waals surface area contributed by atoms with Crippen LogP contribution in [0.25, 0.3) is 22.7 Å². The number of halogens is 1. The van der Waals surface area contributed by atoms with Crippen LogP contribution in [-0.2, 0) is 6.42 Å². The number of benzene rings is 2. The Morgan fingerprint density at radius 2 is 1.88 bits per heavy atom. The molecule has 1 aliphatic rings. The third kappa shape index (κ3) is 4.53. The van der Waals surface area contributed by atoms with E-state index in [1.165, 1.54) is 31.4 Å². The summed E-state index contributed by atoms with van der Waals surface area (Å²) in [6.07, 6.45) is 8.50. The molecular weight excluding hydrogens is 429 g/mol. The lowest BCUT2D eigenvalue weighted by atomic mass is 9.95. The Morgan fingerprint density at radius 1 is 1.09 bits per heavy atom. The van der Waals surface area contributed by atoms with Crippen molar-refractivity contribution in [3.63, 3.8) is 0 Å². The maximum Gasteiger partial charge on any atom is 0.291 e. The number of aryl methyl sites for hydroxylation is 1. The van der Waals surface area contributed by atoms with Gasteiger partial charge in [0.15, 0.2) is 11.5 Å². The smallest absolute Gasteiger partial charge is 0.291 e. The highest BCUT2D eigenvalue weighted by Gasteiger charge is 2.25. The number of furan rings is 1. The molecule has 4 aromatic rings. The molecule has 174 valence electrons. The Balaban J connectivity index is 1.49. The maximum absolute atomic E-state index is 13.6. The van der Waals surface area contributed by atoms with Gasteiger partial charge in [0.2, 0.25) is 0 Å². The number of anilines is 1. The van der Waals surface area contributed by atoms with Gasteiger partial charge in [-0.15, -0.1) is 0 Å². The monoisotopic (exact) mass is 457 g/mol. The topological polar surface area (TPSA) is 60.1 Å². The van der Waals surface area contributed by atoms with Crippen molar-refractivity contribution in [2.24, 2.45) is 0 Å². The summed E-state index contributed by atoms with van der Waals surface area (Å²) in [6.45, 7) is 2.08. The zero-order valence-corrected chi connectivity index (χ0v) is 19.3. The van der Waals surface area contributed by atoms with Crippen LogP contribution in [-0.4, -0.2) is 15.5 Å². The quantitative estimate of drug-likeness (QED) is 0.331. The van der Waals surface area contributed by atoms with Crippen molar-refractivity contribution in [1.82, 2.24) is 9.55 Å². The maximum atomic E-state index is 13.6. The van der Waals surface area contributed by atoms with E-state index in [0.717, 1.165) is 47.5 Å². The van der Waals surface area contributed by atoms with Crippen LogP contribution in [0.5, 0.6) is 0 Å². The van der Waals surface area contributed by atoms with Gasteiger partial charge in [0.05, 0.1) is 12.0 Å². The molecule has 0 spiro atoms. The number of rotatable bonds is 6. The molecule has 6 heteroatoms. The Labute approximate surface area is 198 Å². The number of nitrogens with one attached hydrogen (secondary N) is 1. The van der Waals surface area contributed by atoms with Crippen LogP contribution in [0, 0.1) is 5.82 Å². The summed E-state index contributed by atoms with van der Waals surface area (Å²) in [4.78, 5) is 17.6. The first kappa shape index (κ1) is 22.1. The average molecular weight is 458 g/mol. The fourth-order valence-corrected chi connectivity index (χ4v) is 4.71. The minimum absolute atomic E-state index is 0.235. The predicted molar refractivity (Wildman–Crippen MR) is 131 cm³/mol. The molecular formula is C28H28FN3O2. The first-order valence-corrected chi connectivity index (χ1v) is 12.0. The lowest BCUT2D eigenvalue weighted by Gasteiger charge is -2.24. The van der Waals surface area contributed by atoms with Crippen molar-refractivity contribution in [2.45, 2.75) is 51.5 Å². The number of nitrogens with zero attached hydrogens (tertiary/aromatic N) is 2. The molecule has 0 aliphatic heterocycles. The predicted octanol–water partition coefficient (Wildman–Crippen LogP) is 7.27. The second kappa shape index (κ2) is 9.67. The largest absolute Gasteiger partial charge is 0.449 e. The molecule has 2 heterocycles. The normalized spacial score (nSPS) is 14.3. The van der Waals surface area contributed by atoms with E-state index in [-0.39, 0.29) is 17.5 Å². The summed E-state index contributed by atoms with van der Waals surface area (Å²) in [5, 5.41) is 2.93. The number of carbonyl (C=O) groups excluding carboxylic acids is 1. The molecule has 1 saturated carbocycles. The van der Waals surface area contributed by atoms with Crippen molar-refractivity contribution in [3.05, 3.63) is 84.1 Å². The number of carbonyl (C=O) groups is 1. The van der Waals surface area contributed by atoms with Crippen LogP contribution in [0.15, 0.2) is 71.4 Å². The van der Waals surface area contributed by atoms with Gasteiger partial charge >= 0.3 is 0 Å². The molecule has 2 aromatic carbocycles. The van der Waals surface area contributed by atoms with Crippen LogP contribution < -0.4 is 5.32 Å². The number of amides is 1. The van der Waals surface area contributed by atoms with Crippen molar-refractivity contribution in [1.29, 1.82) is 0 Å². The molecule has 0 unspecified atom stereocenters. The molecule has 2 aromatic heterocycles. The van der Waals surface area contributed by atoms with Crippen LogP contribution in [0.3, 0.4) is 0 Å². The Hall–Kier alpha value is -3.67. The van der Waals surface area contributed by atoms with Crippen LogP contribution >= 0.6 is 0 Å². The highest BCUT2D eigenvalue weighted by molar-refractivity contribution is 6.02. The molecule has 1 N–H and O–H groups in total. The number of hydrogen-bond donors (Lipinski definition) is 1. The molecule has 0 saturated heterocycles. The highest BCUT2D eigenvalue weighted by atomic mass is 19.1. The molecule has 0 bridgehead atoms. The summed E-state index contributed by atoms with van der Waals surface area (Å²) in [6, 6.07) is 18.0. The fraction of sp³-hybridized carbons (Fsp3) is 0.286. The minimum atomic E-state index is -0.299.